The van der Waals surface area contributed by atoms with Gasteiger partial charge in [-0.05, 0) is 24.6 Å². The molecule has 0 aliphatic carbocycles. The Morgan fingerprint density at radius 2 is 2.10 bits per heavy atom. The van der Waals surface area contributed by atoms with Gasteiger partial charge < -0.3 is 11.1 Å². The molecule has 0 aromatic heterocycles. The van der Waals surface area contributed by atoms with Crippen LogP contribution in [-0.2, 0) is 11.0 Å². The van der Waals surface area contributed by atoms with Gasteiger partial charge in [0.05, 0.1) is 21.5 Å². The molecule has 1 aromatic rings. The molecule has 0 fully saturated rings. The Bertz CT molecular complexity index is 534. The molecule has 20 heavy (non-hydrogen) atoms. The van der Waals surface area contributed by atoms with Crippen LogP contribution in [0.5, 0.6) is 0 Å². The Hall–Kier alpha value is -1.34. The van der Waals surface area contributed by atoms with Crippen molar-refractivity contribution in [2.24, 2.45) is 11.7 Å². The molecule has 3 nitrogen and oxygen atoms in total. The van der Waals surface area contributed by atoms with E-state index in [9.17, 15) is 18.0 Å². The molecule has 3 N–H and O–H groups in total. The summed E-state index contributed by atoms with van der Waals surface area (Å²) in [4.78, 5) is 11.8. The SMILES string of the molecule is CCC(C(=O)Nc1ccc(Cl)c(C(F)(F)F)c1)C(N)=S. The van der Waals surface area contributed by atoms with Crippen molar-refractivity contribution in [3.8, 4) is 0 Å². The number of hydrogen-bond donors (Lipinski definition) is 2. The molecule has 1 aromatic carbocycles. The van der Waals surface area contributed by atoms with Crippen molar-refractivity contribution < 1.29 is 18.0 Å². The zero-order chi connectivity index (χ0) is 15.5. The molecule has 0 saturated carbocycles. The highest BCUT2D eigenvalue weighted by Gasteiger charge is 2.33. The number of alkyl halides is 3. The minimum atomic E-state index is -4.59. The zero-order valence-corrected chi connectivity index (χ0v) is 12.0. The van der Waals surface area contributed by atoms with E-state index >= 15 is 0 Å². The molecule has 1 unspecified atom stereocenters. The fraction of sp³-hybridized carbons (Fsp3) is 0.333. The van der Waals surface area contributed by atoms with Gasteiger partial charge in [0.1, 0.15) is 0 Å². The van der Waals surface area contributed by atoms with E-state index in [0.29, 0.717) is 6.42 Å². The van der Waals surface area contributed by atoms with Gasteiger partial charge in [-0.15, -0.1) is 0 Å². The van der Waals surface area contributed by atoms with Crippen LogP contribution in [0.2, 0.25) is 5.02 Å². The lowest BCUT2D eigenvalue weighted by molar-refractivity contribution is -0.137. The number of amides is 1. The average molecular weight is 325 g/mol. The molecule has 0 spiro atoms. The van der Waals surface area contributed by atoms with Crippen LogP contribution in [0.3, 0.4) is 0 Å². The third-order valence-corrected chi connectivity index (χ3v) is 3.22. The predicted molar refractivity (Wildman–Crippen MR) is 75.7 cm³/mol. The quantitative estimate of drug-likeness (QED) is 0.832. The Morgan fingerprint density at radius 3 is 2.55 bits per heavy atom. The molecule has 8 heteroatoms. The van der Waals surface area contributed by atoms with E-state index in [2.05, 4.69) is 5.32 Å². The number of halogens is 4. The Morgan fingerprint density at radius 1 is 1.50 bits per heavy atom. The van der Waals surface area contributed by atoms with Crippen molar-refractivity contribution in [2.75, 3.05) is 5.32 Å². The van der Waals surface area contributed by atoms with Crippen LogP contribution < -0.4 is 11.1 Å². The van der Waals surface area contributed by atoms with Crippen molar-refractivity contribution in [1.82, 2.24) is 0 Å². The lowest BCUT2D eigenvalue weighted by Crippen LogP contribution is -2.32. The molecule has 0 saturated heterocycles. The van der Waals surface area contributed by atoms with Gasteiger partial charge in [0.25, 0.3) is 0 Å². The van der Waals surface area contributed by atoms with Gasteiger partial charge in [-0.3, -0.25) is 4.79 Å². The standard InChI is InChI=1S/C12H12ClF3N2OS/c1-2-7(10(17)20)11(19)18-6-3-4-9(13)8(5-6)12(14,15)16/h3-5,7H,2H2,1H3,(H2,17,20)(H,18,19). The Balaban J connectivity index is 3.00. The third-order valence-electron chi connectivity index (χ3n) is 2.61. The minimum absolute atomic E-state index is 0.00462. The number of rotatable bonds is 4. The molecule has 0 bridgehead atoms. The summed E-state index contributed by atoms with van der Waals surface area (Å²) in [5.41, 5.74) is 4.37. The summed E-state index contributed by atoms with van der Waals surface area (Å²) >= 11 is 10.2. The van der Waals surface area contributed by atoms with Crippen molar-refractivity contribution in [1.29, 1.82) is 0 Å². The summed E-state index contributed by atoms with van der Waals surface area (Å²) in [7, 11) is 0. The normalized spacial score (nSPS) is 12.8. The van der Waals surface area contributed by atoms with Gasteiger partial charge in [-0.25, -0.2) is 0 Å². The number of thiocarbonyl (C=S) groups is 1. The second-order valence-corrected chi connectivity index (χ2v) is 4.92. The van der Waals surface area contributed by atoms with Crippen LogP contribution in [-0.4, -0.2) is 10.9 Å². The van der Waals surface area contributed by atoms with Crippen LogP contribution in [0, 0.1) is 5.92 Å². The third kappa shape index (κ3) is 4.08. The number of hydrogen-bond acceptors (Lipinski definition) is 2. The Labute approximate surface area is 124 Å². The first-order chi connectivity index (χ1) is 9.16. The zero-order valence-electron chi connectivity index (χ0n) is 10.4. The van der Waals surface area contributed by atoms with E-state index in [1.54, 1.807) is 6.92 Å². The molecule has 1 amide bonds. The molecular weight excluding hydrogens is 313 g/mol. The first-order valence-electron chi connectivity index (χ1n) is 5.63. The maximum absolute atomic E-state index is 12.7. The number of anilines is 1. The summed E-state index contributed by atoms with van der Waals surface area (Å²) in [6.07, 6.45) is -4.23. The van der Waals surface area contributed by atoms with Gasteiger partial charge in [-0.1, -0.05) is 30.7 Å². The van der Waals surface area contributed by atoms with E-state index in [1.165, 1.54) is 6.07 Å². The number of carbonyl (C=O) groups excluding carboxylic acids is 1. The van der Waals surface area contributed by atoms with Gasteiger partial charge in [0, 0.05) is 5.69 Å². The lowest BCUT2D eigenvalue weighted by Gasteiger charge is -2.15. The van der Waals surface area contributed by atoms with E-state index in [4.69, 9.17) is 29.6 Å². The maximum atomic E-state index is 12.7. The monoisotopic (exact) mass is 324 g/mol. The molecule has 1 atom stereocenters. The summed E-state index contributed by atoms with van der Waals surface area (Å²) < 4.78 is 38.0. The topological polar surface area (TPSA) is 55.1 Å². The predicted octanol–water partition coefficient (Wildman–Crippen LogP) is 3.61. The van der Waals surface area contributed by atoms with E-state index in [0.717, 1.165) is 12.1 Å². The molecule has 0 heterocycles. The lowest BCUT2D eigenvalue weighted by atomic mass is 10.1. The first kappa shape index (κ1) is 16.7. The van der Waals surface area contributed by atoms with Crippen LogP contribution in [0.4, 0.5) is 18.9 Å². The number of nitrogens with one attached hydrogen (secondary N) is 1. The highest BCUT2D eigenvalue weighted by Crippen LogP contribution is 2.36. The second kappa shape index (κ2) is 6.41. The summed E-state index contributed by atoms with van der Waals surface area (Å²) in [5, 5.41) is 1.92. The van der Waals surface area contributed by atoms with Crippen molar-refractivity contribution in [2.45, 2.75) is 19.5 Å². The minimum Gasteiger partial charge on any atom is -0.393 e. The van der Waals surface area contributed by atoms with E-state index < -0.39 is 28.6 Å². The van der Waals surface area contributed by atoms with Crippen molar-refractivity contribution in [3.63, 3.8) is 0 Å². The summed E-state index contributed by atoms with van der Waals surface area (Å²) in [6.45, 7) is 1.70. The first-order valence-corrected chi connectivity index (χ1v) is 6.42. The molecule has 1 rings (SSSR count). The smallest absolute Gasteiger partial charge is 0.393 e. The maximum Gasteiger partial charge on any atom is 0.417 e. The highest BCUT2D eigenvalue weighted by atomic mass is 35.5. The van der Waals surface area contributed by atoms with Crippen LogP contribution in [0.25, 0.3) is 0 Å². The molecule has 0 aliphatic heterocycles. The summed E-state index contributed by atoms with van der Waals surface area (Å²) in [5.74, 6) is -1.27. The second-order valence-electron chi connectivity index (χ2n) is 4.04. The van der Waals surface area contributed by atoms with Crippen LogP contribution >= 0.6 is 23.8 Å². The van der Waals surface area contributed by atoms with Crippen LogP contribution in [0.1, 0.15) is 18.9 Å². The highest BCUT2D eigenvalue weighted by molar-refractivity contribution is 7.80. The number of carbonyl (C=O) groups is 1. The van der Waals surface area contributed by atoms with Gasteiger partial charge in [0.15, 0.2) is 0 Å². The molecular formula is C12H12ClF3N2OS. The summed E-state index contributed by atoms with van der Waals surface area (Å²) in [6, 6.07) is 3.12. The molecule has 0 aliphatic rings. The van der Waals surface area contributed by atoms with Gasteiger partial charge >= 0.3 is 6.18 Å². The number of nitrogens with two attached hydrogens (primary N) is 1. The Kier molecular flexibility index (Phi) is 5.35. The fourth-order valence-electron chi connectivity index (χ4n) is 1.57. The fourth-order valence-corrected chi connectivity index (χ4v) is 2.06. The van der Waals surface area contributed by atoms with Crippen LogP contribution in [0.15, 0.2) is 18.2 Å². The number of benzene rings is 1. The van der Waals surface area contributed by atoms with Crippen molar-refractivity contribution in [3.05, 3.63) is 28.8 Å². The van der Waals surface area contributed by atoms with Crippen molar-refractivity contribution >= 4 is 40.4 Å². The van der Waals surface area contributed by atoms with E-state index in [1.807, 2.05) is 0 Å². The van der Waals surface area contributed by atoms with Gasteiger partial charge in [0.2, 0.25) is 5.91 Å². The molecule has 110 valence electrons. The van der Waals surface area contributed by atoms with Gasteiger partial charge in [-0.2, -0.15) is 13.2 Å². The largest absolute Gasteiger partial charge is 0.417 e. The average Bonchev–Trinajstić information content (AvgIpc) is 2.30. The van der Waals surface area contributed by atoms with E-state index in [-0.39, 0.29) is 10.7 Å². The molecule has 0 radical (unpaired) electrons.